The van der Waals surface area contributed by atoms with Crippen molar-refractivity contribution in [1.82, 2.24) is 4.90 Å². The zero-order valence-electron chi connectivity index (χ0n) is 17.6. The third-order valence-electron chi connectivity index (χ3n) is 6.24. The highest BCUT2D eigenvalue weighted by Crippen LogP contribution is 2.50. The second kappa shape index (κ2) is 9.25. The number of benzene rings is 2. The van der Waals surface area contributed by atoms with Crippen molar-refractivity contribution in [2.24, 2.45) is 5.92 Å². The van der Waals surface area contributed by atoms with Gasteiger partial charge in [0, 0.05) is 31.1 Å². The number of carbonyl (C=O) groups is 1. The van der Waals surface area contributed by atoms with E-state index in [1.807, 2.05) is 0 Å². The summed E-state index contributed by atoms with van der Waals surface area (Å²) in [4.78, 5) is 13.5. The summed E-state index contributed by atoms with van der Waals surface area (Å²) in [6, 6.07) is 8.71. The van der Waals surface area contributed by atoms with Crippen LogP contribution in [0, 0.1) is 17.6 Å². The molecule has 0 aromatic heterocycles. The molecule has 2 aromatic rings. The standard InChI is InChI=1S/C23H26ClF2NO3S/c1-27(2)22(28)10-3-16-11-13-23(14-12-16,20-15-18(25)6-9-21(20)26)31(29,30)19-7-4-17(24)5-8-19/h4-9,15-16H,3,10-14H2,1-2H3/t16-,23+. The largest absolute Gasteiger partial charge is 0.349 e. The second-order valence-electron chi connectivity index (χ2n) is 8.35. The first-order valence-electron chi connectivity index (χ1n) is 10.2. The first-order chi connectivity index (χ1) is 14.6. The fourth-order valence-corrected chi connectivity index (χ4v) is 6.64. The molecule has 31 heavy (non-hydrogen) atoms. The summed E-state index contributed by atoms with van der Waals surface area (Å²) in [6.45, 7) is 0. The zero-order chi connectivity index (χ0) is 22.8. The number of hydrogen-bond donors (Lipinski definition) is 0. The van der Waals surface area contributed by atoms with Crippen molar-refractivity contribution >= 4 is 27.3 Å². The lowest BCUT2D eigenvalue weighted by Crippen LogP contribution is -2.41. The van der Waals surface area contributed by atoms with E-state index in [4.69, 9.17) is 11.6 Å². The lowest BCUT2D eigenvalue weighted by Gasteiger charge is -2.40. The molecular weight excluding hydrogens is 444 g/mol. The van der Waals surface area contributed by atoms with Gasteiger partial charge in [-0.3, -0.25) is 4.79 Å². The average Bonchev–Trinajstić information content (AvgIpc) is 2.74. The quantitative estimate of drug-likeness (QED) is 0.573. The van der Waals surface area contributed by atoms with Crippen LogP contribution in [0.2, 0.25) is 5.02 Å². The number of carbonyl (C=O) groups excluding carboxylic acids is 1. The zero-order valence-corrected chi connectivity index (χ0v) is 19.1. The van der Waals surface area contributed by atoms with Gasteiger partial charge in [-0.1, -0.05) is 11.6 Å². The Hall–Kier alpha value is -1.99. The third-order valence-corrected chi connectivity index (χ3v) is 9.04. The van der Waals surface area contributed by atoms with E-state index < -0.39 is 26.2 Å². The van der Waals surface area contributed by atoms with E-state index in [0.29, 0.717) is 30.7 Å². The first kappa shape index (κ1) is 23.7. The van der Waals surface area contributed by atoms with E-state index in [1.165, 1.54) is 29.2 Å². The maximum absolute atomic E-state index is 14.8. The van der Waals surface area contributed by atoms with Gasteiger partial charge in [0.2, 0.25) is 5.91 Å². The van der Waals surface area contributed by atoms with Gasteiger partial charge < -0.3 is 4.90 Å². The highest BCUT2D eigenvalue weighted by Gasteiger charge is 2.50. The summed E-state index contributed by atoms with van der Waals surface area (Å²) in [5, 5.41) is 0.388. The van der Waals surface area contributed by atoms with Gasteiger partial charge in [-0.25, -0.2) is 17.2 Å². The van der Waals surface area contributed by atoms with Crippen LogP contribution < -0.4 is 0 Å². The summed E-state index contributed by atoms with van der Waals surface area (Å²) >= 11 is 5.91. The van der Waals surface area contributed by atoms with E-state index in [-0.39, 0.29) is 35.1 Å². The molecule has 0 atom stereocenters. The average molecular weight is 470 g/mol. The monoisotopic (exact) mass is 469 g/mol. The van der Waals surface area contributed by atoms with Crippen molar-refractivity contribution < 1.29 is 22.0 Å². The minimum absolute atomic E-state index is 0.0156. The van der Waals surface area contributed by atoms with Crippen molar-refractivity contribution in [1.29, 1.82) is 0 Å². The minimum Gasteiger partial charge on any atom is -0.349 e. The van der Waals surface area contributed by atoms with Crippen LogP contribution >= 0.6 is 11.6 Å². The maximum Gasteiger partial charge on any atom is 0.222 e. The molecule has 8 heteroatoms. The van der Waals surface area contributed by atoms with Crippen molar-refractivity contribution in [3.63, 3.8) is 0 Å². The molecule has 1 aliphatic rings. The Balaban J connectivity index is 1.97. The molecule has 0 aliphatic heterocycles. The molecule has 1 fully saturated rings. The molecular formula is C23H26ClF2NO3S. The first-order valence-corrected chi connectivity index (χ1v) is 12.1. The van der Waals surface area contributed by atoms with Crippen LogP contribution in [-0.2, 0) is 19.4 Å². The molecule has 0 heterocycles. The van der Waals surface area contributed by atoms with Gasteiger partial charge in [0.05, 0.1) is 4.90 Å². The molecule has 2 aromatic carbocycles. The predicted octanol–water partition coefficient (Wildman–Crippen LogP) is 5.35. The Bertz CT molecular complexity index is 1050. The molecule has 4 nitrogen and oxygen atoms in total. The number of halogens is 3. The Morgan fingerprint density at radius 3 is 2.29 bits per heavy atom. The van der Waals surface area contributed by atoms with Crippen LogP contribution in [0.25, 0.3) is 0 Å². The van der Waals surface area contributed by atoms with Crippen molar-refractivity contribution in [2.75, 3.05) is 14.1 Å². The van der Waals surface area contributed by atoms with Gasteiger partial charge in [-0.05, 0) is 80.5 Å². The summed E-state index contributed by atoms with van der Waals surface area (Å²) in [5.41, 5.74) is -0.134. The Kier molecular flexibility index (Phi) is 7.06. The van der Waals surface area contributed by atoms with Gasteiger partial charge in [0.15, 0.2) is 9.84 Å². The smallest absolute Gasteiger partial charge is 0.222 e. The topological polar surface area (TPSA) is 54.5 Å². The lowest BCUT2D eigenvalue weighted by atomic mass is 9.76. The van der Waals surface area contributed by atoms with E-state index in [2.05, 4.69) is 0 Å². The number of hydrogen-bond acceptors (Lipinski definition) is 3. The van der Waals surface area contributed by atoms with E-state index in [0.717, 1.165) is 18.2 Å². The van der Waals surface area contributed by atoms with Gasteiger partial charge >= 0.3 is 0 Å². The molecule has 168 valence electrons. The molecule has 1 amide bonds. The molecule has 0 spiro atoms. The molecule has 0 saturated heterocycles. The summed E-state index contributed by atoms with van der Waals surface area (Å²) < 4.78 is 54.8. The van der Waals surface area contributed by atoms with Crippen molar-refractivity contribution in [3.8, 4) is 0 Å². The van der Waals surface area contributed by atoms with Gasteiger partial charge in [0.1, 0.15) is 16.4 Å². The SMILES string of the molecule is CN(C)C(=O)CC[C@H]1CC[C@@](c2cc(F)ccc2F)(S(=O)(=O)c2ccc(Cl)cc2)CC1. The molecule has 1 saturated carbocycles. The van der Waals surface area contributed by atoms with Crippen LogP contribution in [0.15, 0.2) is 47.4 Å². The second-order valence-corrected chi connectivity index (χ2v) is 11.0. The number of nitrogens with zero attached hydrogens (tertiary/aromatic N) is 1. The molecule has 1 aliphatic carbocycles. The third kappa shape index (κ3) is 4.77. The predicted molar refractivity (Wildman–Crippen MR) is 117 cm³/mol. The fourth-order valence-electron chi connectivity index (χ4n) is 4.35. The summed E-state index contributed by atoms with van der Waals surface area (Å²) in [5.74, 6) is -1.25. The van der Waals surface area contributed by atoms with Crippen molar-refractivity contribution in [2.45, 2.75) is 48.2 Å². The van der Waals surface area contributed by atoms with Gasteiger partial charge in [0.25, 0.3) is 0 Å². The fraction of sp³-hybridized carbons (Fsp3) is 0.435. The molecule has 0 unspecified atom stereocenters. The van der Waals surface area contributed by atoms with Crippen LogP contribution in [0.1, 0.15) is 44.1 Å². The normalized spacial score (nSPS) is 21.6. The van der Waals surface area contributed by atoms with Crippen LogP contribution in [0.3, 0.4) is 0 Å². The lowest BCUT2D eigenvalue weighted by molar-refractivity contribution is -0.129. The Morgan fingerprint density at radius 2 is 1.71 bits per heavy atom. The molecule has 3 rings (SSSR count). The number of rotatable bonds is 6. The number of amides is 1. The summed E-state index contributed by atoms with van der Waals surface area (Å²) in [6.07, 6.45) is 2.33. The van der Waals surface area contributed by atoms with Crippen LogP contribution in [0.4, 0.5) is 8.78 Å². The van der Waals surface area contributed by atoms with Crippen LogP contribution in [0.5, 0.6) is 0 Å². The Morgan fingerprint density at radius 1 is 1.10 bits per heavy atom. The van der Waals surface area contributed by atoms with E-state index in [1.54, 1.807) is 14.1 Å². The molecule has 0 bridgehead atoms. The van der Waals surface area contributed by atoms with Gasteiger partial charge in [-0.2, -0.15) is 0 Å². The number of sulfone groups is 1. The highest BCUT2D eigenvalue weighted by atomic mass is 35.5. The highest BCUT2D eigenvalue weighted by molar-refractivity contribution is 7.92. The summed E-state index contributed by atoms with van der Waals surface area (Å²) in [7, 11) is -0.653. The molecule has 0 radical (unpaired) electrons. The molecule has 0 N–H and O–H groups in total. The van der Waals surface area contributed by atoms with Crippen molar-refractivity contribution in [3.05, 3.63) is 64.7 Å². The Labute approximate surface area is 187 Å². The van der Waals surface area contributed by atoms with E-state index in [9.17, 15) is 22.0 Å². The van der Waals surface area contributed by atoms with Crippen LogP contribution in [-0.4, -0.2) is 33.3 Å². The minimum atomic E-state index is -4.04. The maximum atomic E-state index is 14.8. The van der Waals surface area contributed by atoms with Gasteiger partial charge in [-0.15, -0.1) is 0 Å². The van der Waals surface area contributed by atoms with E-state index >= 15 is 0 Å².